The first-order valence-corrected chi connectivity index (χ1v) is 18.4. The average Bonchev–Trinajstić information content (AvgIpc) is 3.63. The van der Waals surface area contributed by atoms with E-state index in [2.05, 4.69) is 205 Å². The van der Waals surface area contributed by atoms with Crippen LogP contribution in [0.2, 0.25) is 0 Å². The van der Waals surface area contributed by atoms with Crippen LogP contribution in [0.3, 0.4) is 0 Å². The first kappa shape index (κ1) is 31.6. The van der Waals surface area contributed by atoms with E-state index in [-0.39, 0.29) is 0 Å². The average molecular weight is 690 g/mol. The van der Waals surface area contributed by atoms with E-state index in [1.54, 1.807) is 0 Å². The smallest absolute Gasteiger partial charge is 0.136 e. The lowest BCUT2D eigenvalue weighted by Crippen LogP contribution is -2.12. The second-order valence-electron chi connectivity index (χ2n) is 13.7. The zero-order chi connectivity index (χ0) is 35.8. The fraction of sp³-hybridized carbons (Fsp3) is 0. The van der Waals surface area contributed by atoms with Gasteiger partial charge in [0.2, 0.25) is 0 Å². The Morgan fingerprint density at radius 1 is 0.296 bits per heavy atom. The molecule has 10 aromatic rings. The summed E-state index contributed by atoms with van der Waals surface area (Å²) in [6.07, 6.45) is 0. The second kappa shape index (κ2) is 13.4. The van der Waals surface area contributed by atoms with Gasteiger partial charge in [-0.05, 0) is 86.6 Å². The van der Waals surface area contributed by atoms with Crippen molar-refractivity contribution in [2.75, 3.05) is 4.90 Å². The summed E-state index contributed by atoms with van der Waals surface area (Å²) in [5.41, 5.74) is 14.3. The van der Waals surface area contributed by atoms with Crippen molar-refractivity contribution in [2.45, 2.75) is 0 Å². The third-order valence-corrected chi connectivity index (χ3v) is 10.5. The van der Waals surface area contributed by atoms with Crippen LogP contribution in [0, 0.1) is 0 Å². The predicted octanol–water partition coefficient (Wildman–Crippen LogP) is 14.9. The van der Waals surface area contributed by atoms with Crippen LogP contribution in [0.25, 0.3) is 77.2 Å². The van der Waals surface area contributed by atoms with E-state index in [0.717, 1.165) is 55.7 Å². The van der Waals surface area contributed by atoms with Gasteiger partial charge in [-0.3, -0.25) is 0 Å². The molecular weight excluding hydrogens is 655 g/mol. The monoisotopic (exact) mass is 689 g/mol. The highest BCUT2D eigenvalue weighted by Crippen LogP contribution is 2.47. The van der Waals surface area contributed by atoms with Crippen molar-refractivity contribution in [3.8, 4) is 44.5 Å². The third kappa shape index (κ3) is 5.53. The largest absolute Gasteiger partial charge is 0.456 e. The lowest BCUT2D eigenvalue weighted by Gasteiger charge is -2.30. The van der Waals surface area contributed by atoms with Gasteiger partial charge in [-0.15, -0.1) is 0 Å². The fourth-order valence-electron chi connectivity index (χ4n) is 7.96. The van der Waals surface area contributed by atoms with Gasteiger partial charge in [0.1, 0.15) is 11.2 Å². The number of furan rings is 1. The van der Waals surface area contributed by atoms with Gasteiger partial charge in [0.05, 0.1) is 11.4 Å². The molecule has 254 valence electrons. The summed E-state index contributed by atoms with van der Waals surface area (Å²) in [6.45, 7) is 0. The number of rotatable bonds is 7. The molecular formula is C52H35NO. The van der Waals surface area contributed by atoms with Crippen molar-refractivity contribution in [3.05, 3.63) is 212 Å². The molecule has 0 unspecified atom stereocenters. The van der Waals surface area contributed by atoms with E-state index in [1.165, 1.54) is 38.6 Å². The maximum absolute atomic E-state index is 6.39. The quantitative estimate of drug-likeness (QED) is 0.166. The minimum Gasteiger partial charge on any atom is -0.456 e. The highest BCUT2D eigenvalue weighted by atomic mass is 16.3. The number of nitrogens with zero attached hydrogens (tertiary/aromatic N) is 1. The first-order valence-electron chi connectivity index (χ1n) is 18.4. The Bertz CT molecular complexity index is 2930. The summed E-state index contributed by atoms with van der Waals surface area (Å²) in [6, 6.07) is 76.0. The molecule has 0 bridgehead atoms. The SMILES string of the molecule is c1ccc(-c2ccc(N(c3ccccc3-c3ccc4c(c3)oc3ccccc34)c3ccccc3-c3ccccc3-c3cccc4ccccc34)cc2)cc1. The highest BCUT2D eigenvalue weighted by Gasteiger charge is 2.22. The van der Waals surface area contributed by atoms with Crippen LogP contribution < -0.4 is 4.90 Å². The molecule has 54 heavy (non-hydrogen) atoms. The Labute approximate surface area is 314 Å². The van der Waals surface area contributed by atoms with Gasteiger partial charge in [0, 0.05) is 27.6 Å². The molecule has 0 amide bonds. The van der Waals surface area contributed by atoms with E-state index >= 15 is 0 Å². The maximum Gasteiger partial charge on any atom is 0.136 e. The molecule has 0 fully saturated rings. The molecule has 2 heteroatoms. The number of hydrogen-bond donors (Lipinski definition) is 0. The van der Waals surface area contributed by atoms with Crippen molar-refractivity contribution in [2.24, 2.45) is 0 Å². The molecule has 10 rings (SSSR count). The fourth-order valence-corrected chi connectivity index (χ4v) is 7.96. The minimum atomic E-state index is 0.881. The van der Waals surface area contributed by atoms with Crippen molar-refractivity contribution >= 4 is 49.8 Å². The number of hydrogen-bond acceptors (Lipinski definition) is 2. The van der Waals surface area contributed by atoms with Gasteiger partial charge in [-0.2, -0.15) is 0 Å². The van der Waals surface area contributed by atoms with Crippen LogP contribution in [-0.2, 0) is 0 Å². The van der Waals surface area contributed by atoms with E-state index in [1.807, 2.05) is 12.1 Å². The first-order chi connectivity index (χ1) is 26.8. The lowest BCUT2D eigenvalue weighted by molar-refractivity contribution is 0.669. The molecule has 0 aliphatic heterocycles. The molecule has 0 atom stereocenters. The van der Waals surface area contributed by atoms with E-state index < -0.39 is 0 Å². The third-order valence-electron chi connectivity index (χ3n) is 10.5. The zero-order valence-electron chi connectivity index (χ0n) is 29.6. The van der Waals surface area contributed by atoms with Crippen LogP contribution in [0.15, 0.2) is 217 Å². The van der Waals surface area contributed by atoms with Crippen molar-refractivity contribution in [1.82, 2.24) is 0 Å². The van der Waals surface area contributed by atoms with Gasteiger partial charge in [-0.1, -0.05) is 170 Å². The predicted molar refractivity (Wildman–Crippen MR) is 228 cm³/mol. The Morgan fingerprint density at radius 3 is 1.61 bits per heavy atom. The van der Waals surface area contributed by atoms with Crippen LogP contribution in [0.5, 0.6) is 0 Å². The number of benzene rings is 9. The zero-order valence-corrected chi connectivity index (χ0v) is 29.6. The topological polar surface area (TPSA) is 16.4 Å². The summed E-state index contributed by atoms with van der Waals surface area (Å²) < 4.78 is 6.39. The van der Waals surface area contributed by atoms with Crippen molar-refractivity contribution in [3.63, 3.8) is 0 Å². The lowest BCUT2D eigenvalue weighted by atomic mass is 9.90. The van der Waals surface area contributed by atoms with Crippen molar-refractivity contribution < 1.29 is 4.42 Å². The molecule has 0 radical (unpaired) electrons. The molecule has 1 heterocycles. The van der Waals surface area contributed by atoms with Crippen LogP contribution >= 0.6 is 0 Å². The summed E-state index contributed by atoms with van der Waals surface area (Å²) in [5, 5.41) is 4.72. The van der Waals surface area contributed by atoms with Gasteiger partial charge in [0.25, 0.3) is 0 Å². The Balaban J connectivity index is 1.19. The van der Waals surface area contributed by atoms with Gasteiger partial charge >= 0.3 is 0 Å². The molecule has 0 saturated carbocycles. The molecule has 9 aromatic carbocycles. The molecule has 0 N–H and O–H groups in total. The summed E-state index contributed by atoms with van der Waals surface area (Å²) >= 11 is 0. The molecule has 0 aliphatic rings. The van der Waals surface area contributed by atoms with Crippen LogP contribution in [0.4, 0.5) is 17.1 Å². The molecule has 0 aliphatic carbocycles. The number of para-hydroxylation sites is 3. The Morgan fingerprint density at radius 2 is 0.815 bits per heavy atom. The Hall–Kier alpha value is -7.16. The van der Waals surface area contributed by atoms with Crippen LogP contribution in [-0.4, -0.2) is 0 Å². The van der Waals surface area contributed by atoms with E-state index in [9.17, 15) is 0 Å². The second-order valence-corrected chi connectivity index (χ2v) is 13.7. The maximum atomic E-state index is 6.39. The summed E-state index contributed by atoms with van der Waals surface area (Å²) in [7, 11) is 0. The number of anilines is 3. The molecule has 1 aromatic heterocycles. The van der Waals surface area contributed by atoms with E-state index in [4.69, 9.17) is 4.42 Å². The standard InChI is InChI=1S/C52H35NO/c1-2-15-36(16-3-1)37-29-32-40(33-30-37)53(49-26-11-8-20-42(49)39-31-34-48-47-24-10-13-28-51(47)54-52(48)35-39)50-27-12-9-23-46(50)45-22-7-6-21-44(45)43-25-14-18-38-17-4-5-19-41(38)43/h1-35H. The van der Waals surface area contributed by atoms with Gasteiger partial charge in [-0.25, -0.2) is 0 Å². The number of fused-ring (bicyclic) bond motifs is 4. The van der Waals surface area contributed by atoms with Crippen molar-refractivity contribution in [1.29, 1.82) is 0 Å². The van der Waals surface area contributed by atoms with Gasteiger partial charge < -0.3 is 9.32 Å². The summed E-state index contributed by atoms with van der Waals surface area (Å²) in [4.78, 5) is 2.42. The molecule has 0 saturated heterocycles. The summed E-state index contributed by atoms with van der Waals surface area (Å²) in [5.74, 6) is 0. The minimum absolute atomic E-state index is 0.881. The van der Waals surface area contributed by atoms with Gasteiger partial charge in [0.15, 0.2) is 0 Å². The normalized spacial score (nSPS) is 11.3. The van der Waals surface area contributed by atoms with Crippen LogP contribution in [0.1, 0.15) is 0 Å². The molecule has 0 spiro atoms. The van der Waals surface area contributed by atoms with E-state index in [0.29, 0.717) is 0 Å². The highest BCUT2D eigenvalue weighted by molar-refractivity contribution is 6.07. The Kier molecular flexibility index (Phi) is 7.85. The molecule has 2 nitrogen and oxygen atoms in total.